The molecule has 0 radical (unpaired) electrons. The molecule has 66 valence electrons. The molecule has 0 fully saturated rings. The highest BCUT2D eigenvalue weighted by Crippen LogP contribution is 2.10. The van der Waals surface area contributed by atoms with Crippen LogP contribution in [0.3, 0.4) is 0 Å². The van der Waals surface area contributed by atoms with Gasteiger partial charge >= 0.3 is 5.97 Å². The fourth-order valence-electron chi connectivity index (χ4n) is 0.735. The molecule has 0 bridgehead atoms. The fraction of sp³-hybridized carbons (Fsp3) is 0. The van der Waals surface area contributed by atoms with Crippen molar-refractivity contribution in [2.24, 2.45) is 0 Å². The van der Waals surface area contributed by atoms with E-state index in [4.69, 9.17) is 9.15 Å². The van der Waals surface area contributed by atoms with Gasteiger partial charge in [-0.3, -0.25) is 0 Å². The van der Waals surface area contributed by atoms with Crippen molar-refractivity contribution in [2.75, 3.05) is 0 Å². The lowest BCUT2D eigenvalue weighted by Crippen LogP contribution is -2.07. The summed E-state index contributed by atoms with van der Waals surface area (Å²) in [6.45, 7) is 0. The zero-order chi connectivity index (χ0) is 9.10. The van der Waals surface area contributed by atoms with Gasteiger partial charge in [-0.1, -0.05) is 9.59 Å². The third kappa shape index (κ3) is 1.73. The second-order valence-electron chi connectivity index (χ2n) is 2.14. The quantitative estimate of drug-likeness (QED) is 0.678. The van der Waals surface area contributed by atoms with Crippen LogP contribution < -0.4 is 4.74 Å². The summed E-state index contributed by atoms with van der Waals surface area (Å²) in [7, 11) is 0. The first-order valence-corrected chi connectivity index (χ1v) is 4.21. The smallest absolute Gasteiger partial charge is 0.348 e. The normalized spacial score (nSPS) is 9.85. The van der Waals surface area contributed by atoms with Crippen molar-refractivity contribution >= 4 is 17.5 Å². The number of carbonyl (C=O) groups excluding carboxylic acids is 1. The van der Waals surface area contributed by atoms with Crippen LogP contribution in [0.15, 0.2) is 28.4 Å². The standard InChI is InChI=1S/C7H4N2O3S/c10-7(5-1-2-11-3-5)12-6-4-13-9-8-6/h1-4H. The first-order chi connectivity index (χ1) is 6.36. The predicted molar refractivity (Wildman–Crippen MR) is 43.6 cm³/mol. The van der Waals surface area contributed by atoms with Gasteiger partial charge in [0.2, 0.25) is 0 Å². The summed E-state index contributed by atoms with van der Waals surface area (Å²) < 4.78 is 13.1. The number of ether oxygens (including phenoxy) is 1. The number of hydrogen-bond acceptors (Lipinski definition) is 6. The molecule has 13 heavy (non-hydrogen) atoms. The molecule has 0 saturated heterocycles. The largest absolute Gasteiger partial charge is 0.472 e. The molecule has 6 heteroatoms. The third-order valence-corrected chi connectivity index (χ3v) is 1.78. The molecule has 0 aliphatic carbocycles. The number of rotatable bonds is 2. The van der Waals surface area contributed by atoms with E-state index >= 15 is 0 Å². The molecule has 0 aliphatic rings. The van der Waals surface area contributed by atoms with E-state index in [1.54, 1.807) is 0 Å². The van der Waals surface area contributed by atoms with Crippen molar-refractivity contribution in [3.8, 4) is 5.88 Å². The second kappa shape index (κ2) is 3.36. The van der Waals surface area contributed by atoms with Crippen LogP contribution >= 0.6 is 11.5 Å². The average Bonchev–Trinajstić information content (AvgIpc) is 2.74. The topological polar surface area (TPSA) is 65.2 Å². The van der Waals surface area contributed by atoms with Crippen LogP contribution in [0.4, 0.5) is 0 Å². The molecule has 0 aromatic carbocycles. The first-order valence-electron chi connectivity index (χ1n) is 3.38. The minimum atomic E-state index is -0.499. The van der Waals surface area contributed by atoms with E-state index in [0.717, 1.165) is 11.5 Å². The summed E-state index contributed by atoms with van der Waals surface area (Å²) in [6.07, 6.45) is 2.71. The van der Waals surface area contributed by atoms with Crippen molar-refractivity contribution in [1.82, 2.24) is 9.59 Å². The number of aromatic nitrogens is 2. The molecule has 2 heterocycles. The zero-order valence-electron chi connectivity index (χ0n) is 6.34. The summed E-state index contributed by atoms with van der Waals surface area (Å²) in [5.41, 5.74) is 0.355. The highest BCUT2D eigenvalue weighted by molar-refractivity contribution is 7.03. The Morgan fingerprint density at radius 1 is 1.62 bits per heavy atom. The SMILES string of the molecule is O=C(Oc1csnn1)c1ccoc1. The number of esters is 1. The van der Waals surface area contributed by atoms with E-state index < -0.39 is 5.97 Å². The Labute approximate surface area is 77.1 Å². The number of carbonyl (C=O) groups is 1. The minimum Gasteiger partial charge on any atom is -0.472 e. The van der Waals surface area contributed by atoms with E-state index in [9.17, 15) is 4.79 Å². The van der Waals surface area contributed by atoms with E-state index in [0.29, 0.717) is 5.56 Å². The van der Waals surface area contributed by atoms with Gasteiger partial charge in [-0.2, -0.15) is 0 Å². The van der Waals surface area contributed by atoms with Crippen molar-refractivity contribution in [3.05, 3.63) is 29.5 Å². The Balaban J connectivity index is 2.08. The summed E-state index contributed by atoms with van der Waals surface area (Å²) in [4.78, 5) is 11.2. The lowest BCUT2D eigenvalue weighted by atomic mass is 10.3. The molecule has 2 aromatic rings. The molecule has 0 unspecified atom stereocenters. The number of nitrogens with zero attached hydrogens (tertiary/aromatic N) is 2. The van der Waals surface area contributed by atoms with Crippen LogP contribution in [-0.4, -0.2) is 15.6 Å². The summed E-state index contributed by atoms with van der Waals surface area (Å²) in [5.74, 6) is -0.294. The minimum absolute atomic E-state index is 0.205. The maximum atomic E-state index is 11.2. The van der Waals surface area contributed by atoms with Gasteiger partial charge in [0.05, 0.1) is 17.2 Å². The Bertz CT molecular complexity index is 382. The molecule has 0 spiro atoms. The number of hydrogen-bond donors (Lipinski definition) is 0. The summed E-state index contributed by atoms with van der Waals surface area (Å²) in [6, 6.07) is 1.52. The molecule has 0 N–H and O–H groups in total. The van der Waals surface area contributed by atoms with Crippen molar-refractivity contribution in [1.29, 1.82) is 0 Å². The van der Waals surface area contributed by atoms with Gasteiger partial charge < -0.3 is 9.15 Å². The van der Waals surface area contributed by atoms with Crippen molar-refractivity contribution in [3.63, 3.8) is 0 Å². The number of furan rings is 1. The van der Waals surface area contributed by atoms with Gasteiger partial charge in [-0.05, 0) is 17.6 Å². The van der Waals surface area contributed by atoms with Gasteiger partial charge in [0.1, 0.15) is 6.26 Å². The maximum Gasteiger partial charge on any atom is 0.348 e. The highest BCUT2D eigenvalue weighted by atomic mass is 32.1. The van der Waals surface area contributed by atoms with Crippen LogP contribution in [0.5, 0.6) is 5.88 Å². The molecule has 0 saturated carbocycles. The van der Waals surface area contributed by atoms with Gasteiger partial charge in [0.15, 0.2) is 0 Å². The van der Waals surface area contributed by atoms with Gasteiger partial charge in [0, 0.05) is 0 Å². The highest BCUT2D eigenvalue weighted by Gasteiger charge is 2.10. The van der Waals surface area contributed by atoms with Gasteiger partial charge in [-0.15, -0.1) is 0 Å². The molecular formula is C7H4N2O3S. The Morgan fingerprint density at radius 2 is 2.54 bits per heavy atom. The van der Waals surface area contributed by atoms with Crippen LogP contribution in [0, 0.1) is 0 Å². The van der Waals surface area contributed by atoms with Crippen LogP contribution in [-0.2, 0) is 0 Å². The van der Waals surface area contributed by atoms with Crippen LogP contribution in [0.1, 0.15) is 10.4 Å². The zero-order valence-corrected chi connectivity index (χ0v) is 7.15. The van der Waals surface area contributed by atoms with E-state index in [1.165, 1.54) is 24.0 Å². The average molecular weight is 196 g/mol. The molecule has 0 aliphatic heterocycles. The Hall–Kier alpha value is -1.69. The molecule has 2 rings (SSSR count). The third-order valence-electron chi connectivity index (χ3n) is 1.29. The Morgan fingerprint density at radius 3 is 3.15 bits per heavy atom. The molecule has 5 nitrogen and oxygen atoms in total. The Kier molecular flexibility index (Phi) is 2.05. The van der Waals surface area contributed by atoms with Crippen LogP contribution in [0.2, 0.25) is 0 Å². The van der Waals surface area contributed by atoms with Gasteiger partial charge in [0.25, 0.3) is 5.88 Å². The van der Waals surface area contributed by atoms with E-state index in [1.807, 2.05) is 0 Å². The molecule has 0 atom stereocenters. The van der Waals surface area contributed by atoms with E-state index in [2.05, 4.69) is 9.59 Å². The first kappa shape index (κ1) is 7.93. The monoisotopic (exact) mass is 196 g/mol. The van der Waals surface area contributed by atoms with E-state index in [-0.39, 0.29) is 5.88 Å². The second-order valence-corrected chi connectivity index (χ2v) is 2.75. The maximum absolute atomic E-state index is 11.2. The summed E-state index contributed by atoms with van der Waals surface area (Å²) >= 11 is 1.12. The fourth-order valence-corrected chi connectivity index (χ4v) is 1.10. The van der Waals surface area contributed by atoms with Crippen molar-refractivity contribution < 1.29 is 13.9 Å². The van der Waals surface area contributed by atoms with Crippen molar-refractivity contribution in [2.45, 2.75) is 0 Å². The molecule has 0 amide bonds. The van der Waals surface area contributed by atoms with Gasteiger partial charge in [-0.25, -0.2) is 4.79 Å². The lowest BCUT2D eigenvalue weighted by molar-refractivity contribution is 0.0726. The predicted octanol–water partition coefficient (Wildman–Crippen LogP) is 1.35. The molecule has 2 aromatic heterocycles. The summed E-state index contributed by atoms with van der Waals surface area (Å²) in [5, 5.41) is 5.10. The lowest BCUT2D eigenvalue weighted by Gasteiger charge is -1.94. The van der Waals surface area contributed by atoms with Crippen LogP contribution in [0.25, 0.3) is 0 Å². The molecular weight excluding hydrogens is 192 g/mol.